The van der Waals surface area contributed by atoms with E-state index in [9.17, 15) is 4.79 Å². The van der Waals surface area contributed by atoms with Crippen molar-refractivity contribution in [1.82, 2.24) is 0 Å². The molecule has 18 heavy (non-hydrogen) atoms. The van der Waals surface area contributed by atoms with Gasteiger partial charge in [0.25, 0.3) is 5.97 Å². The van der Waals surface area contributed by atoms with Gasteiger partial charge in [-0.15, -0.1) is 0 Å². The third-order valence-corrected chi connectivity index (χ3v) is 4.53. The lowest BCUT2D eigenvalue weighted by Crippen LogP contribution is -2.50. The predicted molar refractivity (Wildman–Crippen MR) is 70.8 cm³/mol. The summed E-state index contributed by atoms with van der Waals surface area (Å²) in [5.41, 5.74) is 0. The molecule has 0 unspecified atom stereocenters. The predicted octanol–water partition coefficient (Wildman–Crippen LogP) is 2.51. The van der Waals surface area contributed by atoms with Crippen LogP contribution < -0.4 is 0 Å². The van der Waals surface area contributed by atoms with Crippen molar-refractivity contribution in [3.8, 4) is 0 Å². The lowest BCUT2D eigenvalue weighted by atomic mass is 10.1. The van der Waals surface area contributed by atoms with E-state index in [-0.39, 0.29) is 5.97 Å². The standard InChI is InChI=1S/C12H26O5Si/c1-6-14-18(15-7-2,16-8-3)17-12(13)10-9-11(4)5/h11H,6-10H2,1-5H3. The first-order valence-electron chi connectivity index (χ1n) is 6.63. The molecule has 0 aromatic carbocycles. The highest BCUT2D eigenvalue weighted by Gasteiger charge is 2.49. The summed E-state index contributed by atoms with van der Waals surface area (Å²) >= 11 is 0. The Kier molecular flexibility index (Phi) is 9.26. The summed E-state index contributed by atoms with van der Waals surface area (Å²) in [6.45, 7) is 10.8. The van der Waals surface area contributed by atoms with Gasteiger partial charge in [-0.2, -0.15) is 0 Å². The molecular weight excluding hydrogens is 252 g/mol. The number of hydrogen-bond donors (Lipinski definition) is 0. The number of carbonyl (C=O) groups excluding carboxylic acids is 1. The van der Waals surface area contributed by atoms with E-state index in [1.165, 1.54) is 0 Å². The Hall–Kier alpha value is -0.433. The molecule has 0 fully saturated rings. The quantitative estimate of drug-likeness (QED) is 0.575. The summed E-state index contributed by atoms with van der Waals surface area (Å²) in [5, 5.41) is 0. The molecule has 0 saturated carbocycles. The second-order valence-corrected chi connectivity index (χ2v) is 6.28. The van der Waals surface area contributed by atoms with E-state index in [1.54, 1.807) is 0 Å². The maximum Gasteiger partial charge on any atom is 0.751 e. The van der Waals surface area contributed by atoms with Crippen LogP contribution in [0.2, 0.25) is 0 Å². The molecule has 0 N–H and O–H groups in total. The van der Waals surface area contributed by atoms with E-state index in [2.05, 4.69) is 13.8 Å². The minimum Gasteiger partial charge on any atom is -0.452 e. The van der Waals surface area contributed by atoms with Gasteiger partial charge in [-0.25, -0.2) is 0 Å². The Balaban J connectivity index is 4.48. The van der Waals surface area contributed by atoms with Gasteiger partial charge in [0.2, 0.25) is 0 Å². The van der Waals surface area contributed by atoms with E-state index < -0.39 is 9.05 Å². The smallest absolute Gasteiger partial charge is 0.452 e. The van der Waals surface area contributed by atoms with Crippen LogP contribution in [0.1, 0.15) is 47.5 Å². The summed E-state index contributed by atoms with van der Waals surface area (Å²) < 4.78 is 21.7. The maximum absolute atomic E-state index is 11.8. The molecule has 0 saturated heterocycles. The van der Waals surface area contributed by atoms with Gasteiger partial charge in [-0.1, -0.05) is 13.8 Å². The van der Waals surface area contributed by atoms with Gasteiger partial charge in [-0.05, 0) is 33.1 Å². The highest BCUT2D eigenvalue weighted by atomic mass is 28.4. The zero-order valence-electron chi connectivity index (χ0n) is 12.2. The van der Waals surface area contributed by atoms with Crippen LogP contribution in [0.4, 0.5) is 0 Å². The zero-order valence-corrected chi connectivity index (χ0v) is 13.2. The maximum atomic E-state index is 11.8. The number of rotatable bonds is 10. The van der Waals surface area contributed by atoms with Crippen LogP contribution in [0.5, 0.6) is 0 Å². The average molecular weight is 278 g/mol. The lowest BCUT2D eigenvalue weighted by Gasteiger charge is -2.26. The van der Waals surface area contributed by atoms with Crippen molar-refractivity contribution in [1.29, 1.82) is 0 Å². The third-order valence-electron chi connectivity index (χ3n) is 2.13. The van der Waals surface area contributed by atoms with Crippen molar-refractivity contribution in [2.24, 2.45) is 5.92 Å². The van der Waals surface area contributed by atoms with E-state index in [1.807, 2.05) is 20.8 Å². The number of hydrogen-bond acceptors (Lipinski definition) is 5. The van der Waals surface area contributed by atoms with Gasteiger partial charge >= 0.3 is 9.05 Å². The summed E-state index contributed by atoms with van der Waals surface area (Å²) in [5.74, 6) is 0.144. The van der Waals surface area contributed by atoms with Crippen LogP contribution in [0.15, 0.2) is 0 Å². The second-order valence-electron chi connectivity index (χ2n) is 4.21. The van der Waals surface area contributed by atoms with E-state index in [0.29, 0.717) is 32.2 Å². The van der Waals surface area contributed by atoms with Crippen molar-refractivity contribution in [3.05, 3.63) is 0 Å². The molecule has 5 nitrogen and oxygen atoms in total. The topological polar surface area (TPSA) is 54.0 Å². The molecule has 0 aliphatic rings. The average Bonchev–Trinajstić information content (AvgIpc) is 2.27. The molecule has 0 bridgehead atoms. The first-order chi connectivity index (χ1) is 8.49. The minimum absolute atomic E-state index is 0.314. The molecule has 0 radical (unpaired) electrons. The Bertz CT molecular complexity index is 215. The molecule has 0 heterocycles. The summed E-state index contributed by atoms with van der Waals surface area (Å²) in [7, 11) is -3.28. The molecular formula is C12H26O5Si. The molecule has 0 rings (SSSR count). The first-order valence-corrected chi connectivity index (χ1v) is 8.26. The van der Waals surface area contributed by atoms with E-state index in [0.717, 1.165) is 6.42 Å². The minimum atomic E-state index is -3.28. The number of carbonyl (C=O) groups is 1. The monoisotopic (exact) mass is 278 g/mol. The fourth-order valence-electron chi connectivity index (χ4n) is 1.34. The van der Waals surface area contributed by atoms with Crippen LogP contribution in [0, 0.1) is 5.92 Å². The van der Waals surface area contributed by atoms with Gasteiger partial charge in [-0.3, -0.25) is 4.79 Å². The van der Waals surface area contributed by atoms with Crippen molar-refractivity contribution >= 4 is 15.0 Å². The molecule has 6 heteroatoms. The van der Waals surface area contributed by atoms with Crippen LogP contribution in [0.25, 0.3) is 0 Å². The van der Waals surface area contributed by atoms with Gasteiger partial charge in [0.05, 0.1) is 0 Å². The Morgan fingerprint density at radius 2 is 1.44 bits per heavy atom. The summed E-state index contributed by atoms with van der Waals surface area (Å²) in [6.07, 6.45) is 1.15. The molecule has 0 aromatic heterocycles. The molecule has 0 amide bonds. The Morgan fingerprint density at radius 3 is 1.78 bits per heavy atom. The van der Waals surface area contributed by atoms with Crippen molar-refractivity contribution in [2.45, 2.75) is 47.5 Å². The van der Waals surface area contributed by atoms with Crippen molar-refractivity contribution in [2.75, 3.05) is 19.8 Å². The van der Waals surface area contributed by atoms with Crippen LogP contribution in [-0.4, -0.2) is 34.8 Å². The van der Waals surface area contributed by atoms with Crippen LogP contribution in [0.3, 0.4) is 0 Å². The SMILES string of the molecule is CCO[Si](OCC)(OCC)OC(=O)CCC(C)C. The van der Waals surface area contributed by atoms with Crippen molar-refractivity contribution in [3.63, 3.8) is 0 Å². The van der Waals surface area contributed by atoms with Gasteiger partial charge < -0.3 is 17.7 Å². The largest absolute Gasteiger partial charge is 0.751 e. The molecule has 0 aliphatic carbocycles. The zero-order chi connectivity index (χ0) is 14.0. The van der Waals surface area contributed by atoms with Gasteiger partial charge in [0, 0.05) is 26.2 Å². The second kappa shape index (κ2) is 9.49. The van der Waals surface area contributed by atoms with E-state index in [4.69, 9.17) is 17.7 Å². The molecule has 0 spiro atoms. The highest BCUT2D eigenvalue weighted by molar-refractivity contribution is 6.55. The van der Waals surface area contributed by atoms with E-state index >= 15 is 0 Å². The molecule has 0 atom stereocenters. The third kappa shape index (κ3) is 7.10. The van der Waals surface area contributed by atoms with Gasteiger partial charge in [0.15, 0.2) is 0 Å². The summed E-state index contributed by atoms with van der Waals surface area (Å²) in [4.78, 5) is 11.8. The molecule has 0 aliphatic heterocycles. The lowest BCUT2D eigenvalue weighted by molar-refractivity contribution is -0.144. The first kappa shape index (κ1) is 17.6. The molecule has 108 valence electrons. The van der Waals surface area contributed by atoms with Crippen LogP contribution in [-0.2, 0) is 22.5 Å². The Morgan fingerprint density at radius 1 is 1.00 bits per heavy atom. The van der Waals surface area contributed by atoms with Gasteiger partial charge in [0.1, 0.15) is 0 Å². The highest BCUT2D eigenvalue weighted by Crippen LogP contribution is 2.15. The Labute approximate surface area is 111 Å². The molecule has 0 aromatic rings. The fourth-order valence-corrected chi connectivity index (χ4v) is 3.21. The normalized spacial score (nSPS) is 11.9. The summed E-state index contributed by atoms with van der Waals surface area (Å²) in [6, 6.07) is 0. The van der Waals surface area contributed by atoms with Crippen molar-refractivity contribution < 1.29 is 22.5 Å². The fraction of sp³-hybridized carbons (Fsp3) is 0.917. The van der Waals surface area contributed by atoms with Crippen LogP contribution >= 0.6 is 0 Å².